The third kappa shape index (κ3) is 4.44. The molecule has 0 aromatic heterocycles. The highest BCUT2D eigenvalue weighted by atomic mass is 35.5. The number of carbonyl (C=O) groups excluding carboxylic acids is 2. The lowest BCUT2D eigenvalue weighted by atomic mass is 10.2. The van der Waals surface area contributed by atoms with Crippen LogP contribution in [0.3, 0.4) is 0 Å². The Balaban J connectivity index is 0.00000288. The van der Waals surface area contributed by atoms with Gasteiger partial charge >= 0.3 is 12.0 Å². The zero-order valence-electron chi connectivity index (χ0n) is 13.7. The van der Waals surface area contributed by atoms with Gasteiger partial charge in [0.2, 0.25) is 0 Å². The molecule has 1 fully saturated rings. The fourth-order valence-corrected chi connectivity index (χ4v) is 2.77. The van der Waals surface area contributed by atoms with E-state index >= 15 is 0 Å². The third-order valence-corrected chi connectivity index (χ3v) is 4.07. The Morgan fingerprint density at radius 1 is 1.25 bits per heavy atom. The summed E-state index contributed by atoms with van der Waals surface area (Å²) in [6.07, 6.45) is 3.95. The van der Waals surface area contributed by atoms with Crippen molar-refractivity contribution in [2.45, 2.75) is 44.7 Å². The molecule has 1 aromatic rings. The van der Waals surface area contributed by atoms with Crippen molar-refractivity contribution < 1.29 is 24.5 Å². The number of anilines is 1. The van der Waals surface area contributed by atoms with Crippen molar-refractivity contribution in [2.24, 2.45) is 0 Å². The molecular formula is C16H23ClN2O5. The maximum atomic E-state index is 12.6. The van der Waals surface area contributed by atoms with E-state index in [2.05, 4.69) is 5.32 Å². The van der Waals surface area contributed by atoms with Gasteiger partial charge in [0.25, 0.3) is 0 Å². The molecule has 0 spiro atoms. The predicted octanol–water partition coefficient (Wildman–Crippen LogP) is 2.54. The normalized spacial score (nSPS) is 15.2. The Kier molecular flexibility index (Phi) is 7.16. The number of hydrogen-bond donors (Lipinski definition) is 3. The summed E-state index contributed by atoms with van der Waals surface area (Å²) in [5, 5.41) is 22.0. The molecule has 0 radical (unpaired) electrons. The van der Waals surface area contributed by atoms with Crippen LogP contribution in [-0.2, 0) is 9.53 Å². The highest BCUT2D eigenvalue weighted by Gasteiger charge is 2.30. The number of urea groups is 1. The van der Waals surface area contributed by atoms with Crippen LogP contribution in [0.25, 0.3) is 0 Å². The van der Waals surface area contributed by atoms with Gasteiger partial charge in [-0.05, 0) is 31.9 Å². The van der Waals surface area contributed by atoms with Gasteiger partial charge in [-0.15, -0.1) is 12.4 Å². The number of amides is 2. The van der Waals surface area contributed by atoms with Crippen molar-refractivity contribution in [3.8, 4) is 11.5 Å². The standard InChI is InChI=1S/C16H22N2O5.ClH/c1-10(15(21)23-2)18(12-7-8-13(19)14(20)9-12)16(22)17-11-5-3-4-6-11;/h7-11,19-20H,3-6H2,1-2H3,(H,17,22);1H. The van der Waals surface area contributed by atoms with Crippen LogP contribution in [0.1, 0.15) is 32.6 Å². The number of phenols is 2. The molecule has 1 saturated carbocycles. The number of methoxy groups -OCH3 is 1. The van der Waals surface area contributed by atoms with Gasteiger partial charge in [0.1, 0.15) is 6.04 Å². The number of esters is 1. The molecule has 1 aromatic carbocycles. The summed E-state index contributed by atoms with van der Waals surface area (Å²) in [6.45, 7) is 1.55. The Bertz CT molecular complexity index is 590. The highest BCUT2D eigenvalue weighted by Crippen LogP contribution is 2.31. The maximum absolute atomic E-state index is 12.6. The second kappa shape index (κ2) is 8.63. The van der Waals surface area contributed by atoms with Gasteiger partial charge in [0.05, 0.1) is 12.8 Å². The van der Waals surface area contributed by atoms with E-state index in [9.17, 15) is 19.8 Å². The molecule has 1 aliphatic carbocycles. The van der Waals surface area contributed by atoms with Crippen molar-refractivity contribution in [3.05, 3.63) is 18.2 Å². The van der Waals surface area contributed by atoms with E-state index in [1.807, 2.05) is 0 Å². The lowest BCUT2D eigenvalue weighted by Crippen LogP contribution is -2.51. The molecular weight excluding hydrogens is 336 g/mol. The lowest BCUT2D eigenvalue weighted by Gasteiger charge is -2.29. The number of nitrogens with zero attached hydrogens (tertiary/aromatic N) is 1. The minimum atomic E-state index is -0.870. The van der Waals surface area contributed by atoms with Crippen LogP contribution in [0.4, 0.5) is 10.5 Å². The third-order valence-electron chi connectivity index (χ3n) is 4.07. The highest BCUT2D eigenvalue weighted by molar-refractivity contribution is 5.98. The van der Waals surface area contributed by atoms with Crippen LogP contribution in [0.2, 0.25) is 0 Å². The SMILES string of the molecule is COC(=O)C(C)N(C(=O)NC1CCCC1)c1ccc(O)c(O)c1.Cl. The summed E-state index contributed by atoms with van der Waals surface area (Å²) in [4.78, 5) is 25.7. The Morgan fingerprint density at radius 3 is 2.42 bits per heavy atom. The number of nitrogens with one attached hydrogen (secondary N) is 1. The molecule has 0 bridgehead atoms. The van der Waals surface area contributed by atoms with Crippen LogP contribution in [-0.4, -0.2) is 41.4 Å². The molecule has 8 heteroatoms. The molecule has 1 atom stereocenters. The summed E-state index contributed by atoms with van der Waals surface area (Å²) >= 11 is 0. The van der Waals surface area contributed by atoms with Crippen molar-refractivity contribution in [1.29, 1.82) is 0 Å². The minimum Gasteiger partial charge on any atom is -0.504 e. The second-order valence-corrected chi connectivity index (χ2v) is 5.67. The van der Waals surface area contributed by atoms with Gasteiger partial charge in [-0.2, -0.15) is 0 Å². The molecule has 1 unspecified atom stereocenters. The van der Waals surface area contributed by atoms with Gasteiger partial charge in [-0.1, -0.05) is 12.8 Å². The van der Waals surface area contributed by atoms with Crippen LogP contribution < -0.4 is 10.2 Å². The summed E-state index contributed by atoms with van der Waals surface area (Å²) < 4.78 is 4.72. The van der Waals surface area contributed by atoms with Crippen LogP contribution in [0, 0.1) is 0 Å². The molecule has 2 amide bonds. The number of rotatable bonds is 4. The average Bonchev–Trinajstić information content (AvgIpc) is 3.03. The van der Waals surface area contributed by atoms with E-state index in [-0.39, 0.29) is 29.9 Å². The van der Waals surface area contributed by atoms with Crippen molar-refractivity contribution in [1.82, 2.24) is 5.32 Å². The van der Waals surface area contributed by atoms with Crippen molar-refractivity contribution >= 4 is 30.1 Å². The molecule has 7 nitrogen and oxygen atoms in total. The first kappa shape index (κ1) is 19.9. The minimum absolute atomic E-state index is 0. The van der Waals surface area contributed by atoms with E-state index in [1.165, 1.54) is 30.2 Å². The first-order valence-corrected chi connectivity index (χ1v) is 7.63. The Hall–Kier alpha value is -2.15. The lowest BCUT2D eigenvalue weighted by molar-refractivity contribution is -0.141. The molecule has 1 aliphatic rings. The largest absolute Gasteiger partial charge is 0.504 e. The molecule has 0 heterocycles. The summed E-state index contributed by atoms with van der Waals surface area (Å²) in [7, 11) is 1.25. The second-order valence-electron chi connectivity index (χ2n) is 5.67. The smallest absolute Gasteiger partial charge is 0.328 e. The Labute approximate surface area is 147 Å². The topological polar surface area (TPSA) is 99.1 Å². The van der Waals surface area contributed by atoms with Gasteiger partial charge in [-0.25, -0.2) is 9.59 Å². The van der Waals surface area contributed by atoms with E-state index in [1.54, 1.807) is 6.92 Å². The Morgan fingerprint density at radius 2 is 1.88 bits per heavy atom. The summed E-state index contributed by atoms with van der Waals surface area (Å²) in [5.41, 5.74) is 0.300. The molecule has 3 N–H and O–H groups in total. The number of ether oxygens (including phenoxy) is 1. The molecule has 134 valence electrons. The average molecular weight is 359 g/mol. The van der Waals surface area contributed by atoms with Crippen molar-refractivity contribution in [2.75, 3.05) is 12.0 Å². The van der Waals surface area contributed by atoms with E-state index in [4.69, 9.17) is 4.74 Å². The number of benzene rings is 1. The number of halogens is 1. The summed E-state index contributed by atoms with van der Waals surface area (Å²) in [6, 6.07) is 2.75. The van der Waals surface area contributed by atoms with Gasteiger partial charge in [0, 0.05) is 12.1 Å². The molecule has 0 aliphatic heterocycles. The van der Waals surface area contributed by atoms with Crippen LogP contribution in [0.5, 0.6) is 11.5 Å². The number of aromatic hydroxyl groups is 2. The van der Waals surface area contributed by atoms with E-state index < -0.39 is 18.0 Å². The summed E-state index contributed by atoms with van der Waals surface area (Å²) in [5.74, 6) is -1.23. The molecule has 24 heavy (non-hydrogen) atoms. The monoisotopic (exact) mass is 358 g/mol. The van der Waals surface area contributed by atoms with Crippen molar-refractivity contribution in [3.63, 3.8) is 0 Å². The fourth-order valence-electron chi connectivity index (χ4n) is 2.77. The van der Waals surface area contributed by atoms with Crippen LogP contribution in [0.15, 0.2) is 18.2 Å². The van der Waals surface area contributed by atoms with Gasteiger partial charge in [-0.3, -0.25) is 4.90 Å². The number of hydrogen-bond acceptors (Lipinski definition) is 5. The van der Waals surface area contributed by atoms with Gasteiger partial charge in [0.15, 0.2) is 11.5 Å². The quantitative estimate of drug-likeness (QED) is 0.567. The molecule has 2 rings (SSSR count). The van der Waals surface area contributed by atoms with E-state index in [0.29, 0.717) is 5.69 Å². The maximum Gasteiger partial charge on any atom is 0.328 e. The predicted molar refractivity (Wildman–Crippen MR) is 91.8 cm³/mol. The zero-order valence-corrected chi connectivity index (χ0v) is 14.5. The fraction of sp³-hybridized carbons (Fsp3) is 0.500. The number of phenolic OH excluding ortho intramolecular Hbond substituents is 2. The first-order chi connectivity index (χ1) is 10.9. The van der Waals surface area contributed by atoms with Crippen LogP contribution >= 0.6 is 12.4 Å². The molecule has 0 saturated heterocycles. The number of carbonyl (C=O) groups is 2. The zero-order chi connectivity index (χ0) is 17.0. The van der Waals surface area contributed by atoms with E-state index in [0.717, 1.165) is 25.7 Å². The first-order valence-electron chi connectivity index (χ1n) is 7.63. The van der Waals surface area contributed by atoms with Gasteiger partial charge < -0.3 is 20.3 Å².